The average Bonchev–Trinajstić information content (AvgIpc) is 3.15. The second kappa shape index (κ2) is 6.64. The van der Waals surface area contributed by atoms with E-state index in [9.17, 15) is 4.79 Å². The number of nitrogens with zero attached hydrogens (tertiary/aromatic N) is 5. The fourth-order valence-electron chi connectivity index (χ4n) is 3.38. The number of hydrogen-bond acceptors (Lipinski definition) is 4. The first-order valence-electron chi connectivity index (χ1n) is 8.58. The molecule has 0 saturated carbocycles. The summed E-state index contributed by atoms with van der Waals surface area (Å²) in [5.41, 5.74) is 2.78. The molecule has 4 heterocycles. The van der Waals surface area contributed by atoms with Gasteiger partial charge in [-0.3, -0.25) is 14.7 Å². The van der Waals surface area contributed by atoms with Crippen LogP contribution in [0.3, 0.4) is 0 Å². The fraction of sp³-hybridized carbons (Fsp3) is 0.316. The second-order valence-corrected chi connectivity index (χ2v) is 6.40. The van der Waals surface area contributed by atoms with E-state index in [1.165, 1.54) is 5.56 Å². The Balaban J connectivity index is 1.42. The molecule has 0 N–H and O–H groups in total. The smallest absolute Gasteiger partial charge is 0.255 e. The molecule has 1 aliphatic rings. The zero-order valence-corrected chi connectivity index (χ0v) is 14.2. The lowest BCUT2D eigenvalue weighted by atomic mass is 10.1. The SMILES string of the molecule is C[C@@H](c1cccnc1)N1CCN(C(=O)c2ccc3nccn3c2)CC1. The summed E-state index contributed by atoms with van der Waals surface area (Å²) in [7, 11) is 0. The lowest BCUT2D eigenvalue weighted by Crippen LogP contribution is -2.49. The van der Waals surface area contributed by atoms with Crippen LogP contribution in [0.5, 0.6) is 0 Å². The molecule has 128 valence electrons. The van der Waals surface area contributed by atoms with Crippen molar-refractivity contribution >= 4 is 11.6 Å². The highest BCUT2D eigenvalue weighted by Crippen LogP contribution is 2.21. The molecule has 0 radical (unpaired) electrons. The van der Waals surface area contributed by atoms with Gasteiger partial charge in [-0.15, -0.1) is 0 Å². The maximum Gasteiger partial charge on any atom is 0.255 e. The molecule has 25 heavy (non-hydrogen) atoms. The predicted molar refractivity (Wildman–Crippen MR) is 95.3 cm³/mol. The standard InChI is InChI=1S/C19H21N5O/c1-15(16-3-2-6-20-13-16)22-9-11-23(12-10-22)19(25)17-4-5-18-21-7-8-24(18)14-17/h2-8,13-15H,9-12H2,1H3/t15-/m0/s1. The van der Waals surface area contributed by atoms with Crippen LogP contribution in [-0.4, -0.2) is 56.3 Å². The van der Waals surface area contributed by atoms with E-state index in [1.54, 1.807) is 12.4 Å². The third-order valence-electron chi connectivity index (χ3n) is 4.95. The molecule has 1 amide bonds. The van der Waals surface area contributed by atoms with E-state index >= 15 is 0 Å². The Morgan fingerprint density at radius 1 is 1.12 bits per heavy atom. The monoisotopic (exact) mass is 335 g/mol. The fourth-order valence-corrected chi connectivity index (χ4v) is 3.38. The van der Waals surface area contributed by atoms with Gasteiger partial charge >= 0.3 is 0 Å². The first kappa shape index (κ1) is 15.8. The Hall–Kier alpha value is -2.73. The van der Waals surface area contributed by atoms with Crippen molar-refractivity contribution in [2.75, 3.05) is 26.2 Å². The van der Waals surface area contributed by atoms with Crippen LogP contribution in [0.4, 0.5) is 0 Å². The molecule has 1 saturated heterocycles. The number of fused-ring (bicyclic) bond motifs is 1. The number of carbonyl (C=O) groups is 1. The highest BCUT2D eigenvalue weighted by atomic mass is 16.2. The third-order valence-corrected chi connectivity index (χ3v) is 4.95. The van der Waals surface area contributed by atoms with E-state index in [0.29, 0.717) is 11.6 Å². The summed E-state index contributed by atoms with van der Waals surface area (Å²) in [5.74, 6) is 0.0873. The molecule has 6 nitrogen and oxygen atoms in total. The third kappa shape index (κ3) is 3.13. The van der Waals surface area contributed by atoms with Crippen LogP contribution < -0.4 is 0 Å². The lowest BCUT2D eigenvalue weighted by Gasteiger charge is -2.38. The number of pyridine rings is 2. The molecule has 3 aromatic rings. The van der Waals surface area contributed by atoms with Crippen molar-refractivity contribution in [3.8, 4) is 0 Å². The van der Waals surface area contributed by atoms with Crippen molar-refractivity contribution in [2.45, 2.75) is 13.0 Å². The largest absolute Gasteiger partial charge is 0.336 e. The molecule has 1 fully saturated rings. The highest BCUT2D eigenvalue weighted by molar-refractivity contribution is 5.94. The summed E-state index contributed by atoms with van der Waals surface area (Å²) in [6.07, 6.45) is 9.17. The van der Waals surface area contributed by atoms with Gasteiger partial charge in [0.25, 0.3) is 5.91 Å². The Labute approximate surface area is 146 Å². The van der Waals surface area contributed by atoms with Gasteiger partial charge in [-0.2, -0.15) is 0 Å². The van der Waals surface area contributed by atoms with Crippen LogP contribution in [0.2, 0.25) is 0 Å². The Morgan fingerprint density at radius 3 is 2.72 bits per heavy atom. The van der Waals surface area contributed by atoms with Crippen LogP contribution in [0.25, 0.3) is 5.65 Å². The van der Waals surface area contributed by atoms with Gasteiger partial charge in [-0.1, -0.05) is 6.07 Å². The Bertz CT molecular complexity index is 868. The number of hydrogen-bond donors (Lipinski definition) is 0. The first-order valence-corrected chi connectivity index (χ1v) is 8.58. The lowest BCUT2D eigenvalue weighted by molar-refractivity contribution is 0.0581. The van der Waals surface area contributed by atoms with Crippen LogP contribution >= 0.6 is 0 Å². The number of piperazine rings is 1. The minimum Gasteiger partial charge on any atom is -0.336 e. The minimum absolute atomic E-state index is 0.0873. The van der Waals surface area contributed by atoms with E-state index in [1.807, 2.05) is 46.1 Å². The predicted octanol–water partition coefficient (Wildman–Crippen LogP) is 2.25. The molecule has 3 aromatic heterocycles. The molecule has 1 atom stereocenters. The summed E-state index contributed by atoms with van der Waals surface area (Å²) in [4.78, 5) is 25.5. The van der Waals surface area contributed by atoms with Gasteiger partial charge in [0.15, 0.2) is 0 Å². The van der Waals surface area contributed by atoms with Crippen molar-refractivity contribution in [3.63, 3.8) is 0 Å². The van der Waals surface area contributed by atoms with Crippen LogP contribution in [0.15, 0.2) is 55.2 Å². The molecule has 4 rings (SSSR count). The van der Waals surface area contributed by atoms with E-state index < -0.39 is 0 Å². The summed E-state index contributed by atoms with van der Waals surface area (Å²) >= 11 is 0. The van der Waals surface area contributed by atoms with Gasteiger partial charge in [0.1, 0.15) is 5.65 Å². The summed E-state index contributed by atoms with van der Waals surface area (Å²) in [6.45, 7) is 5.42. The van der Waals surface area contributed by atoms with E-state index in [-0.39, 0.29) is 5.91 Å². The first-order chi connectivity index (χ1) is 12.2. The van der Waals surface area contributed by atoms with E-state index in [4.69, 9.17) is 0 Å². The number of aromatic nitrogens is 3. The zero-order valence-electron chi connectivity index (χ0n) is 14.2. The quantitative estimate of drug-likeness (QED) is 0.737. The van der Waals surface area contributed by atoms with Gasteiger partial charge < -0.3 is 9.30 Å². The van der Waals surface area contributed by atoms with E-state index in [0.717, 1.165) is 31.8 Å². The van der Waals surface area contributed by atoms with Crippen molar-refractivity contribution in [3.05, 3.63) is 66.4 Å². The Morgan fingerprint density at radius 2 is 1.96 bits per heavy atom. The van der Waals surface area contributed by atoms with Gasteiger partial charge in [0.2, 0.25) is 0 Å². The second-order valence-electron chi connectivity index (χ2n) is 6.40. The molecule has 0 bridgehead atoms. The van der Waals surface area contributed by atoms with E-state index in [2.05, 4.69) is 27.9 Å². The van der Waals surface area contributed by atoms with Gasteiger partial charge in [-0.05, 0) is 30.7 Å². The number of rotatable bonds is 3. The van der Waals surface area contributed by atoms with Gasteiger partial charge in [-0.25, -0.2) is 4.98 Å². The molecule has 0 aliphatic carbocycles. The molecule has 0 spiro atoms. The molecule has 0 unspecified atom stereocenters. The van der Waals surface area contributed by atoms with Crippen molar-refractivity contribution in [1.82, 2.24) is 24.2 Å². The van der Waals surface area contributed by atoms with Crippen molar-refractivity contribution < 1.29 is 4.79 Å². The molecular formula is C19H21N5O. The minimum atomic E-state index is 0.0873. The van der Waals surface area contributed by atoms with Gasteiger partial charge in [0.05, 0.1) is 5.56 Å². The molecule has 1 aliphatic heterocycles. The highest BCUT2D eigenvalue weighted by Gasteiger charge is 2.25. The number of imidazole rings is 1. The van der Waals surface area contributed by atoms with Gasteiger partial charge in [0, 0.05) is 63.2 Å². The number of amides is 1. The maximum atomic E-state index is 12.8. The molecular weight excluding hydrogens is 314 g/mol. The maximum absolute atomic E-state index is 12.8. The molecule has 6 heteroatoms. The molecule has 0 aromatic carbocycles. The van der Waals surface area contributed by atoms with Crippen molar-refractivity contribution in [1.29, 1.82) is 0 Å². The van der Waals surface area contributed by atoms with Crippen molar-refractivity contribution in [2.24, 2.45) is 0 Å². The van der Waals surface area contributed by atoms with Crippen LogP contribution in [0, 0.1) is 0 Å². The average molecular weight is 335 g/mol. The topological polar surface area (TPSA) is 53.7 Å². The summed E-state index contributed by atoms with van der Waals surface area (Å²) in [5, 5.41) is 0. The normalized spacial score (nSPS) is 16.9. The number of carbonyl (C=O) groups excluding carboxylic acids is 1. The van der Waals surface area contributed by atoms with Crippen LogP contribution in [0.1, 0.15) is 28.9 Å². The summed E-state index contributed by atoms with van der Waals surface area (Å²) < 4.78 is 1.88. The zero-order chi connectivity index (χ0) is 17.2. The summed E-state index contributed by atoms with van der Waals surface area (Å²) in [6, 6.07) is 8.13. The Kier molecular flexibility index (Phi) is 4.19. The van der Waals surface area contributed by atoms with Crippen LogP contribution in [-0.2, 0) is 0 Å².